The maximum absolute atomic E-state index is 12.1. The number of hydrogen-bond donors (Lipinski definition) is 2. The van der Waals surface area contributed by atoms with E-state index in [9.17, 15) is 4.79 Å². The molecule has 10 heteroatoms. The maximum atomic E-state index is 12.1. The fraction of sp³-hybridized carbons (Fsp3) is 0.250. The van der Waals surface area contributed by atoms with Crippen molar-refractivity contribution >= 4 is 59.6 Å². The third kappa shape index (κ3) is 6.16. The largest absolute Gasteiger partial charge is 0.438 e. The molecule has 26 heavy (non-hydrogen) atoms. The third-order valence-electron chi connectivity index (χ3n) is 3.35. The van der Waals surface area contributed by atoms with Crippen LogP contribution in [0.15, 0.2) is 36.5 Å². The molecule has 1 fully saturated rings. The van der Waals surface area contributed by atoms with Gasteiger partial charge in [-0.15, -0.1) is 24.8 Å². The summed E-state index contributed by atoms with van der Waals surface area (Å²) in [6, 6.07) is 8.12. The average Bonchev–Trinajstić information content (AvgIpc) is 2.60. The summed E-state index contributed by atoms with van der Waals surface area (Å²) in [5.41, 5.74) is 0.662. The number of anilines is 1. The SMILES string of the molecule is Cl.Cl.O=C(Nc1ccc(Oc2ncc(Cl)cc2Cl)cc1)C1COCCN1. The standard InChI is InChI=1S/C16H15Cl2N3O3.2ClH/c17-10-7-13(18)16(20-8-10)24-12-3-1-11(2-4-12)21-15(22)14-9-23-6-5-19-14;;/h1-4,7-8,14,19H,5-6,9H2,(H,21,22);2*1H. The molecule has 0 bridgehead atoms. The number of ether oxygens (including phenoxy) is 2. The van der Waals surface area contributed by atoms with Crippen LogP contribution >= 0.6 is 48.0 Å². The van der Waals surface area contributed by atoms with Gasteiger partial charge in [-0.05, 0) is 30.3 Å². The Hall–Kier alpha value is -1.28. The Labute approximate surface area is 173 Å². The number of hydrogen-bond acceptors (Lipinski definition) is 5. The van der Waals surface area contributed by atoms with E-state index < -0.39 is 0 Å². The number of halogens is 4. The van der Waals surface area contributed by atoms with Crippen LogP contribution in [-0.2, 0) is 9.53 Å². The Morgan fingerprint density at radius 1 is 1.27 bits per heavy atom. The van der Waals surface area contributed by atoms with Crippen molar-refractivity contribution in [3.05, 3.63) is 46.6 Å². The van der Waals surface area contributed by atoms with Crippen LogP contribution in [0.3, 0.4) is 0 Å². The Balaban J connectivity index is 0.00000169. The fourth-order valence-electron chi connectivity index (χ4n) is 2.16. The Kier molecular flexibility index (Phi) is 9.43. The van der Waals surface area contributed by atoms with Gasteiger partial charge in [-0.3, -0.25) is 4.79 Å². The van der Waals surface area contributed by atoms with Gasteiger partial charge in [-0.25, -0.2) is 4.98 Å². The summed E-state index contributed by atoms with van der Waals surface area (Å²) < 4.78 is 10.9. The number of aromatic nitrogens is 1. The number of nitrogens with one attached hydrogen (secondary N) is 2. The highest BCUT2D eigenvalue weighted by molar-refractivity contribution is 6.35. The molecule has 2 heterocycles. The molecule has 0 aliphatic carbocycles. The summed E-state index contributed by atoms with van der Waals surface area (Å²) in [6.45, 7) is 1.66. The highest BCUT2D eigenvalue weighted by atomic mass is 35.5. The molecule has 2 N–H and O–H groups in total. The molecule has 1 aromatic carbocycles. The van der Waals surface area contributed by atoms with Crippen LogP contribution in [0, 0.1) is 0 Å². The fourth-order valence-corrected chi connectivity index (χ4v) is 2.58. The van der Waals surface area contributed by atoms with Gasteiger partial charge in [0.15, 0.2) is 0 Å². The van der Waals surface area contributed by atoms with Crippen LogP contribution in [0.2, 0.25) is 10.0 Å². The number of rotatable bonds is 4. The van der Waals surface area contributed by atoms with Crippen molar-refractivity contribution < 1.29 is 14.3 Å². The molecule has 1 atom stereocenters. The van der Waals surface area contributed by atoms with E-state index >= 15 is 0 Å². The first-order valence-corrected chi connectivity index (χ1v) is 8.08. The average molecular weight is 441 g/mol. The normalized spacial score (nSPS) is 16.0. The minimum absolute atomic E-state index is 0. The van der Waals surface area contributed by atoms with Crippen molar-refractivity contribution in [2.24, 2.45) is 0 Å². The first-order valence-electron chi connectivity index (χ1n) is 7.33. The molecule has 0 spiro atoms. The van der Waals surface area contributed by atoms with Crippen LogP contribution < -0.4 is 15.4 Å². The van der Waals surface area contributed by atoms with Crippen molar-refractivity contribution in [3.63, 3.8) is 0 Å². The lowest BCUT2D eigenvalue weighted by molar-refractivity contribution is -0.120. The summed E-state index contributed by atoms with van der Waals surface area (Å²) in [6.07, 6.45) is 1.45. The summed E-state index contributed by atoms with van der Waals surface area (Å²) in [7, 11) is 0. The van der Waals surface area contributed by atoms with Gasteiger partial charge >= 0.3 is 0 Å². The molecule has 1 aliphatic rings. The van der Waals surface area contributed by atoms with Crippen LogP contribution in [0.1, 0.15) is 0 Å². The van der Waals surface area contributed by atoms with Gasteiger partial charge in [0.1, 0.15) is 16.8 Å². The minimum atomic E-state index is -0.341. The lowest BCUT2D eigenvalue weighted by Crippen LogP contribution is -2.48. The van der Waals surface area contributed by atoms with E-state index in [0.717, 1.165) is 0 Å². The number of amides is 1. The van der Waals surface area contributed by atoms with Crippen LogP contribution in [0.4, 0.5) is 5.69 Å². The predicted octanol–water partition coefficient (Wildman–Crippen LogP) is 3.95. The highest BCUT2D eigenvalue weighted by Crippen LogP contribution is 2.29. The molecule has 0 saturated carbocycles. The van der Waals surface area contributed by atoms with E-state index in [2.05, 4.69) is 15.6 Å². The summed E-state index contributed by atoms with van der Waals surface area (Å²) >= 11 is 11.8. The summed E-state index contributed by atoms with van der Waals surface area (Å²) in [4.78, 5) is 16.1. The number of morpholine rings is 1. The van der Waals surface area contributed by atoms with Gasteiger partial charge in [0, 0.05) is 18.4 Å². The quantitative estimate of drug-likeness (QED) is 0.752. The molecule has 2 aromatic rings. The zero-order chi connectivity index (χ0) is 16.9. The molecule has 1 amide bonds. The molecule has 1 aliphatic heterocycles. The summed E-state index contributed by atoms with van der Waals surface area (Å²) in [5.74, 6) is 0.677. The van der Waals surface area contributed by atoms with E-state index in [1.165, 1.54) is 6.20 Å². The smallest absolute Gasteiger partial charge is 0.243 e. The predicted molar refractivity (Wildman–Crippen MR) is 107 cm³/mol. The minimum Gasteiger partial charge on any atom is -0.438 e. The number of carbonyl (C=O) groups excluding carboxylic acids is 1. The molecular weight excluding hydrogens is 424 g/mol. The van der Waals surface area contributed by atoms with E-state index in [4.69, 9.17) is 32.7 Å². The molecule has 1 unspecified atom stereocenters. The second kappa shape index (κ2) is 10.8. The van der Waals surface area contributed by atoms with E-state index in [1.807, 2.05) is 0 Å². The molecular formula is C16H17Cl4N3O3. The molecule has 3 rings (SSSR count). The van der Waals surface area contributed by atoms with Crippen LogP contribution in [0.5, 0.6) is 11.6 Å². The van der Waals surface area contributed by atoms with E-state index in [-0.39, 0.29) is 42.6 Å². The number of pyridine rings is 1. The van der Waals surface area contributed by atoms with Crippen molar-refractivity contribution in [2.45, 2.75) is 6.04 Å². The van der Waals surface area contributed by atoms with Gasteiger partial charge in [-0.1, -0.05) is 23.2 Å². The van der Waals surface area contributed by atoms with Crippen LogP contribution in [-0.4, -0.2) is 36.7 Å². The van der Waals surface area contributed by atoms with Crippen molar-refractivity contribution in [1.29, 1.82) is 0 Å². The number of benzene rings is 1. The van der Waals surface area contributed by atoms with Crippen molar-refractivity contribution in [3.8, 4) is 11.6 Å². The second-order valence-corrected chi connectivity index (χ2v) is 5.98. The second-order valence-electron chi connectivity index (χ2n) is 5.14. The number of nitrogens with zero attached hydrogens (tertiary/aromatic N) is 1. The van der Waals surface area contributed by atoms with Crippen molar-refractivity contribution in [1.82, 2.24) is 10.3 Å². The Morgan fingerprint density at radius 2 is 2.00 bits per heavy atom. The molecule has 6 nitrogen and oxygen atoms in total. The van der Waals surface area contributed by atoms with Crippen molar-refractivity contribution in [2.75, 3.05) is 25.1 Å². The lowest BCUT2D eigenvalue weighted by atomic mass is 10.2. The van der Waals surface area contributed by atoms with Gasteiger partial charge in [0.25, 0.3) is 0 Å². The summed E-state index contributed by atoms with van der Waals surface area (Å²) in [5, 5.41) is 6.68. The number of carbonyl (C=O) groups is 1. The maximum Gasteiger partial charge on any atom is 0.243 e. The first-order chi connectivity index (χ1) is 11.6. The van der Waals surface area contributed by atoms with Gasteiger partial charge < -0.3 is 20.1 Å². The molecule has 1 saturated heterocycles. The Bertz CT molecular complexity index is 725. The Morgan fingerprint density at radius 3 is 2.62 bits per heavy atom. The van der Waals surface area contributed by atoms with E-state index in [1.54, 1.807) is 30.3 Å². The van der Waals surface area contributed by atoms with Gasteiger partial charge in [0.2, 0.25) is 11.8 Å². The van der Waals surface area contributed by atoms with E-state index in [0.29, 0.717) is 41.2 Å². The van der Waals surface area contributed by atoms with Gasteiger partial charge in [-0.2, -0.15) is 0 Å². The lowest BCUT2D eigenvalue weighted by Gasteiger charge is -2.22. The third-order valence-corrected chi connectivity index (χ3v) is 3.83. The highest BCUT2D eigenvalue weighted by Gasteiger charge is 2.21. The molecule has 0 radical (unpaired) electrons. The van der Waals surface area contributed by atoms with Crippen LogP contribution in [0.25, 0.3) is 0 Å². The molecule has 1 aromatic heterocycles. The van der Waals surface area contributed by atoms with Gasteiger partial charge in [0.05, 0.1) is 18.2 Å². The molecule has 142 valence electrons. The first kappa shape index (κ1) is 22.8. The topological polar surface area (TPSA) is 72.5 Å². The zero-order valence-corrected chi connectivity index (χ0v) is 16.6. The zero-order valence-electron chi connectivity index (χ0n) is 13.4. The monoisotopic (exact) mass is 439 g/mol.